The molecule has 5 rings (SSSR count). The van der Waals surface area contributed by atoms with Crippen molar-refractivity contribution in [2.75, 3.05) is 14.1 Å². The van der Waals surface area contributed by atoms with Gasteiger partial charge in [0.15, 0.2) is 0 Å². The Balaban J connectivity index is 0.000000422. The zero-order valence-corrected chi connectivity index (χ0v) is 29.2. The second-order valence-electron chi connectivity index (χ2n) is 10.4. The second kappa shape index (κ2) is 18.5. The van der Waals surface area contributed by atoms with Crippen molar-refractivity contribution in [3.8, 4) is 6.07 Å². The van der Waals surface area contributed by atoms with E-state index in [0.29, 0.717) is 0 Å². The molecule has 0 amide bonds. The molecular formula is C35H40BF4N2PRu+. The minimum absolute atomic E-state index is 0. The minimum atomic E-state index is -6.00. The molecule has 3 aromatic rings. The molecule has 44 heavy (non-hydrogen) atoms. The van der Waals surface area contributed by atoms with Gasteiger partial charge in [-0.1, -0.05) is 120 Å². The van der Waals surface area contributed by atoms with E-state index >= 15 is 0 Å². The maximum Gasteiger partial charge on any atom is 2.00 e. The van der Waals surface area contributed by atoms with E-state index in [1.807, 2.05) is 0 Å². The number of allylic oxidation sites excluding steroid dienone is 1. The Morgan fingerprint density at radius 1 is 0.659 bits per heavy atom. The number of hydrogen-bond acceptors (Lipinski definition) is 2. The van der Waals surface area contributed by atoms with Crippen LogP contribution < -0.4 is 10.6 Å². The van der Waals surface area contributed by atoms with Crippen LogP contribution in [0, 0.1) is 40.9 Å². The Labute approximate surface area is 276 Å². The van der Waals surface area contributed by atoms with E-state index in [0.717, 1.165) is 6.42 Å². The summed E-state index contributed by atoms with van der Waals surface area (Å²) in [6.45, 7) is 12.4. The molecule has 9 heteroatoms. The van der Waals surface area contributed by atoms with Gasteiger partial charge in [0.1, 0.15) is 0 Å². The van der Waals surface area contributed by atoms with Crippen LogP contribution >= 0.6 is 7.92 Å². The molecule has 0 atom stereocenters. The Morgan fingerprint density at radius 3 is 1.32 bits per heavy atom. The Hall–Kier alpha value is -2.47. The fourth-order valence-electron chi connectivity index (χ4n) is 4.91. The SMILES string of the molecule is CC#N.CN(C)C1=C(P(c2ccccc2)c2ccccc2)c2ccccc2C1.C[C]1[C](C)[C](C)[C](C)[C]1C.F[B-](F)(F)F.[Ru+2]. The van der Waals surface area contributed by atoms with Gasteiger partial charge in [0.2, 0.25) is 0 Å². The van der Waals surface area contributed by atoms with Gasteiger partial charge in [0.25, 0.3) is 0 Å². The summed E-state index contributed by atoms with van der Waals surface area (Å²) in [5.41, 5.74) is 4.31. The summed E-state index contributed by atoms with van der Waals surface area (Å²) >= 11 is 0. The summed E-state index contributed by atoms with van der Waals surface area (Å²) in [7, 11) is -2.23. The topological polar surface area (TPSA) is 27.0 Å². The van der Waals surface area contributed by atoms with Gasteiger partial charge in [-0.25, -0.2) is 0 Å². The normalized spacial score (nSPS) is 15.5. The molecule has 1 saturated carbocycles. The summed E-state index contributed by atoms with van der Waals surface area (Å²) in [6, 6.07) is 32.6. The maximum absolute atomic E-state index is 9.75. The van der Waals surface area contributed by atoms with Crippen LogP contribution in [0.3, 0.4) is 0 Å². The third-order valence-electron chi connectivity index (χ3n) is 7.51. The number of fused-ring (bicyclic) bond motifs is 1. The third kappa shape index (κ3) is 11.2. The van der Waals surface area contributed by atoms with Crippen LogP contribution in [0.1, 0.15) is 52.7 Å². The summed E-state index contributed by atoms with van der Waals surface area (Å²) in [6.07, 6.45) is 1.02. The van der Waals surface area contributed by atoms with Crippen molar-refractivity contribution < 1.29 is 36.7 Å². The first-order valence-corrected chi connectivity index (χ1v) is 15.3. The molecule has 0 unspecified atom stereocenters. The summed E-state index contributed by atoms with van der Waals surface area (Å²) in [5.74, 6) is 7.34. The maximum atomic E-state index is 9.75. The first-order valence-electron chi connectivity index (χ1n) is 14.0. The molecule has 0 aromatic heterocycles. The number of likely N-dealkylation sites (N-methyl/N-ethyl adjacent to an activating group) is 1. The molecular weight excluding hydrogens is 667 g/mol. The molecule has 3 aromatic carbocycles. The number of nitrogens with zero attached hydrogens (tertiary/aromatic N) is 2. The van der Waals surface area contributed by atoms with Gasteiger partial charge in [0, 0.05) is 38.5 Å². The standard InChI is InChI=1S/C23H22NP.C10H15.C2H3N.BF4.Ru/c1-24(2)22-17-18-11-9-10-16-21(18)23(22)25(19-12-5-3-6-13-19)20-14-7-4-8-15-20;1-6-7(2)9(4)10(5)8(6)3;1-2-3;2-1(3,4)5;/h3-16H,17H2,1-2H3;1-5H3;1H3;;/q;;;-1;+2. The van der Waals surface area contributed by atoms with E-state index in [2.05, 4.69) is 139 Å². The van der Waals surface area contributed by atoms with Gasteiger partial charge >= 0.3 is 26.7 Å². The minimum Gasteiger partial charge on any atom is -0.418 e. The van der Waals surface area contributed by atoms with Crippen LogP contribution in [0.15, 0.2) is 90.6 Å². The number of rotatable bonds is 4. The first-order chi connectivity index (χ1) is 20.2. The van der Waals surface area contributed by atoms with E-state index in [1.165, 1.54) is 69.3 Å². The van der Waals surface area contributed by atoms with Crippen molar-refractivity contribution in [1.82, 2.24) is 4.90 Å². The van der Waals surface area contributed by atoms with Crippen molar-refractivity contribution in [2.24, 2.45) is 0 Å². The van der Waals surface area contributed by atoms with Crippen LogP contribution in [0.25, 0.3) is 5.31 Å². The third-order valence-corrected chi connectivity index (χ3v) is 10.1. The molecule has 0 saturated heterocycles. The monoisotopic (exact) mass is 708 g/mol. The molecule has 2 aliphatic carbocycles. The molecule has 1 fully saturated rings. The van der Waals surface area contributed by atoms with Crippen LogP contribution in [0.2, 0.25) is 0 Å². The van der Waals surface area contributed by atoms with Gasteiger partial charge in [-0.2, -0.15) is 5.26 Å². The molecule has 0 N–H and O–H groups in total. The van der Waals surface area contributed by atoms with Gasteiger partial charge in [0.05, 0.1) is 6.07 Å². The van der Waals surface area contributed by atoms with E-state index < -0.39 is 15.2 Å². The molecule has 0 heterocycles. The molecule has 2 nitrogen and oxygen atoms in total. The fraction of sp³-hybridized carbons (Fsp3) is 0.257. The predicted octanol–water partition coefficient (Wildman–Crippen LogP) is 9.41. The van der Waals surface area contributed by atoms with Crippen molar-refractivity contribution in [3.63, 3.8) is 0 Å². The average molecular weight is 708 g/mol. The molecule has 0 spiro atoms. The number of benzene rings is 3. The summed E-state index contributed by atoms with van der Waals surface area (Å²) in [4.78, 5) is 2.30. The molecule has 0 bridgehead atoms. The van der Waals surface area contributed by atoms with E-state index in [1.54, 1.807) is 6.07 Å². The quantitative estimate of drug-likeness (QED) is 0.154. The second-order valence-corrected chi connectivity index (χ2v) is 12.5. The van der Waals surface area contributed by atoms with E-state index in [-0.39, 0.29) is 19.5 Å². The fourth-order valence-corrected chi connectivity index (χ4v) is 7.66. The van der Waals surface area contributed by atoms with Crippen LogP contribution in [-0.4, -0.2) is 26.2 Å². The van der Waals surface area contributed by atoms with Crippen molar-refractivity contribution in [1.29, 1.82) is 5.26 Å². The number of halogens is 4. The first kappa shape index (κ1) is 39.6. The van der Waals surface area contributed by atoms with Crippen molar-refractivity contribution in [3.05, 3.63) is 131 Å². The van der Waals surface area contributed by atoms with Crippen LogP contribution in [0.4, 0.5) is 17.3 Å². The zero-order chi connectivity index (χ0) is 32.3. The van der Waals surface area contributed by atoms with Gasteiger partial charge < -0.3 is 22.2 Å². The van der Waals surface area contributed by atoms with Crippen molar-refractivity contribution in [2.45, 2.75) is 48.0 Å². The largest absolute Gasteiger partial charge is 2.00 e. The van der Waals surface area contributed by atoms with Gasteiger partial charge in [-0.05, 0) is 59.2 Å². The zero-order valence-electron chi connectivity index (χ0n) is 26.6. The Morgan fingerprint density at radius 2 is 0.977 bits per heavy atom. The number of hydrogen-bond donors (Lipinski definition) is 0. The molecule has 233 valence electrons. The van der Waals surface area contributed by atoms with Crippen molar-refractivity contribution >= 4 is 31.1 Å². The van der Waals surface area contributed by atoms with Crippen LogP contribution in [-0.2, 0) is 25.9 Å². The molecule has 5 radical (unpaired) electrons. The Bertz CT molecular complexity index is 1260. The summed E-state index contributed by atoms with van der Waals surface area (Å²) < 4.78 is 39.0. The smallest absolute Gasteiger partial charge is 0.418 e. The summed E-state index contributed by atoms with van der Waals surface area (Å²) in [5, 5.41) is 11.7. The van der Waals surface area contributed by atoms with E-state index in [4.69, 9.17) is 5.26 Å². The average Bonchev–Trinajstić information content (AvgIpc) is 3.43. The van der Waals surface area contributed by atoms with Gasteiger partial charge in [-0.15, -0.1) is 0 Å². The Kier molecular flexibility index (Phi) is 16.6. The van der Waals surface area contributed by atoms with Crippen LogP contribution in [0.5, 0.6) is 0 Å². The molecule has 2 aliphatic rings. The molecule has 0 aliphatic heterocycles. The van der Waals surface area contributed by atoms with E-state index in [9.17, 15) is 17.3 Å². The van der Waals surface area contributed by atoms with Gasteiger partial charge in [-0.3, -0.25) is 0 Å². The number of nitriles is 1. The predicted molar refractivity (Wildman–Crippen MR) is 176 cm³/mol.